The van der Waals surface area contributed by atoms with Gasteiger partial charge in [0.1, 0.15) is 11.6 Å². The first kappa shape index (κ1) is 27.7. The second kappa shape index (κ2) is 11.6. The summed E-state index contributed by atoms with van der Waals surface area (Å²) in [6.07, 6.45) is -0.675. The fraction of sp³-hybridized carbons (Fsp3) is 0.310. The Hall–Kier alpha value is -4.34. The maximum absolute atomic E-state index is 13.4. The number of nitrogens with zero attached hydrogens (tertiary/aromatic N) is 5. The molecule has 4 rings (SSSR count). The van der Waals surface area contributed by atoms with E-state index >= 15 is 0 Å². The van der Waals surface area contributed by atoms with Crippen LogP contribution in [0.1, 0.15) is 34.5 Å². The van der Waals surface area contributed by atoms with Crippen LogP contribution in [-0.4, -0.2) is 54.0 Å². The minimum atomic E-state index is -2.53. The molecule has 204 valence electrons. The van der Waals surface area contributed by atoms with Crippen molar-refractivity contribution in [2.45, 2.75) is 33.2 Å². The van der Waals surface area contributed by atoms with Gasteiger partial charge in [-0.1, -0.05) is 18.2 Å². The summed E-state index contributed by atoms with van der Waals surface area (Å²) in [5.41, 5.74) is 4.43. The Morgan fingerprint density at radius 1 is 1.03 bits per heavy atom. The molecule has 4 aromatic rings. The van der Waals surface area contributed by atoms with Crippen LogP contribution in [0.3, 0.4) is 0 Å². The van der Waals surface area contributed by atoms with Crippen LogP contribution in [0.5, 0.6) is 5.88 Å². The molecule has 0 aliphatic rings. The molecule has 0 saturated heterocycles. The third kappa shape index (κ3) is 6.05. The maximum atomic E-state index is 13.4. The molecule has 2 aromatic carbocycles. The number of alkyl halides is 2. The fourth-order valence-corrected chi connectivity index (χ4v) is 4.34. The van der Waals surface area contributed by atoms with E-state index in [4.69, 9.17) is 4.74 Å². The quantitative estimate of drug-likeness (QED) is 0.299. The molecule has 0 saturated carbocycles. The molecule has 0 radical (unpaired) electrons. The molecule has 1 N–H and O–H groups in total. The molecule has 0 fully saturated rings. The number of fused-ring (bicyclic) bond motifs is 1. The van der Waals surface area contributed by atoms with E-state index in [1.807, 2.05) is 49.2 Å². The first-order valence-corrected chi connectivity index (χ1v) is 12.4. The monoisotopic (exact) mass is 534 g/mol. The summed E-state index contributed by atoms with van der Waals surface area (Å²) in [5.74, 6) is 1.55. The van der Waals surface area contributed by atoms with Crippen molar-refractivity contribution in [3.8, 4) is 5.88 Å². The lowest BCUT2D eigenvalue weighted by Crippen LogP contribution is -2.24. The average molecular weight is 535 g/mol. The average Bonchev–Trinajstić information content (AvgIpc) is 2.91. The Kier molecular flexibility index (Phi) is 8.23. The largest absolute Gasteiger partial charge is 0.481 e. The van der Waals surface area contributed by atoms with Gasteiger partial charge in [0.15, 0.2) is 0 Å². The van der Waals surface area contributed by atoms with Crippen molar-refractivity contribution in [2.75, 3.05) is 38.5 Å². The molecule has 0 aliphatic carbocycles. The molecule has 8 nitrogen and oxygen atoms in total. The fourth-order valence-electron chi connectivity index (χ4n) is 4.34. The van der Waals surface area contributed by atoms with E-state index in [2.05, 4.69) is 20.3 Å². The van der Waals surface area contributed by atoms with Crippen LogP contribution in [0.15, 0.2) is 48.7 Å². The van der Waals surface area contributed by atoms with Gasteiger partial charge in [0.2, 0.25) is 11.8 Å². The third-order valence-corrected chi connectivity index (χ3v) is 6.68. The van der Waals surface area contributed by atoms with Crippen LogP contribution >= 0.6 is 0 Å². The number of anilines is 3. The van der Waals surface area contributed by atoms with Gasteiger partial charge in [0, 0.05) is 49.9 Å². The number of benzene rings is 2. The van der Waals surface area contributed by atoms with E-state index in [0.717, 1.165) is 27.8 Å². The van der Waals surface area contributed by atoms with Crippen LogP contribution in [-0.2, 0) is 17.8 Å². The Bertz CT molecular complexity index is 1510. The first-order valence-electron chi connectivity index (χ1n) is 12.4. The number of aryl methyl sites for hydroxylation is 1. The summed E-state index contributed by atoms with van der Waals surface area (Å²) in [6.45, 7) is 3.86. The smallest absolute Gasteiger partial charge is 0.264 e. The second-order valence-corrected chi connectivity index (χ2v) is 9.49. The van der Waals surface area contributed by atoms with Gasteiger partial charge in [0.25, 0.3) is 6.43 Å². The number of hydrogen-bond donors (Lipinski definition) is 1. The van der Waals surface area contributed by atoms with Gasteiger partial charge in [-0.15, -0.1) is 0 Å². The van der Waals surface area contributed by atoms with Crippen LogP contribution in [0.4, 0.5) is 26.0 Å². The van der Waals surface area contributed by atoms with Crippen LogP contribution < -0.4 is 15.0 Å². The number of halogens is 2. The highest BCUT2D eigenvalue weighted by Crippen LogP contribution is 2.32. The van der Waals surface area contributed by atoms with E-state index in [1.165, 1.54) is 18.1 Å². The van der Waals surface area contributed by atoms with E-state index < -0.39 is 6.43 Å². The molecule has 0 spiro atoms. The van der Waals surface area contributed by atoms with E-state index in [0.29, 0.717) is 35.2 Å². The highest BCUT2D eigenvalue weighted by atomic mass is 19.3. The Labute approximate surface area is 226 Å². The van der Waals surface area contributed by atoms with Crippen molar-refractivity contribution in [2.24, 2.45) is 0 Å². The number of carbonyl (C=O) groups is 1. The Morgan fingerprint density at radius 2 is 1.79 bits per heavy atom. The van der Waals surface area contributed by atoms with Crippen molar-refractivity contribution in [1.29, 1.82) is 0 Å². The van der Waals surface area contributed by atoms with Crippen molar-refractivity contribution in [1.82, 2.24) is 19.9 Å². The van der Waals surface area contributed by atoms with Crippen LogP contribution in [0.25, 0.3) is 10.9 Å². The lowest BCUT2D eigenvalue weighted by Gasteiger charge is -2.22. The number of nitrogens with one attached hydrogen (secondary N) is 1. The number of ether oxygens (including phenoxy) is 1. The summed E-state index contributed by atoms with van der Waals surface area (Å²) in [7, 11) is 6.85. The summed E-state index contributed by atoms with van der Waals surface area (Å²) >= 11 is 0. The van der Waals surface area contributed by atoms with Gasteiger partial charge < -0.3 is 19.9 Å². The minimum absolute atomic E-state index is 0.0293. The predicted octanol–water partition coefficient (Wildman–Crippen LogP) is 5.60. The molecule has 10 heteroatoms. The molecular weight excluding hydrogens is 502 g/mol. The summed E-state index contributed by atoms with van der Waals surface area (Å²) in [5, 5.41) is 4.12. The van der Waals surface area contributed by atoms with Gasteiger partial charge >= 0.3 is 0 Å². The molecule has 39 heavy (non-hydrogen) atoms. The molecular formula is C29H32F2N6O2. The van der Waals surface area contributed by atoms with Gasteiger partial charge in [-0.05, 0) is 49.2 Å². The zero-order valence-electron chi connectivity index (χ0n) is 22.9. The first-order chi connectivity index (χ1) is 18.6. The molecule has 0 bridgehead atoms. The van der Waals surface area contributed by atoms with E-state index in [1.54, 1.807) is 33.3 Å². The zero-order valence-corrected chi connectivity index (χ0v) is 22.9. The third-order valence-electron chi connectivity index (χ3n) is 6.68. The molecule has 0 atom stereocenters. The zero-order chi connectivity index (χ0) is 28.3. The number of rotatable bonds is 9. The van der Waals surface area contributed by atoms with Crippen molar-refractivity contribution in [3.63, 3.8) is 0 Å². The topological polar surface area (TPSA) is 83.5 Å². The number of amides is 1. The highest BCUT2D eigenvalue weighted by molar-refractivity contribution is 5.92. The SMILES string of the molecule is COc1ncc(N(C)c2ccc3nc(C)nc(NCc4cccc(C(F)F)c4C)c3c2)cc1CC(=O)N(C)C. The predicted molar refractivity (Wildman–Crippen MR) is 149 cm³/mol. The Morgan fingerprint density at radius 3 is 2.49 bits per heavy atom. The number of methoxy groups -OCH3 is 1. The molecule has 1 amide bonds. The molecule has 2 heterocycles. The number of likely N-dealkylation sites (N-methyl/N-ethyl adjacent to an activating group) is 1. The number of pyridine rings is 1. The van der Waals surface area contributed by atoms with Gasteiger partial charge in [-0.2, -0.15) is 0 Å². The van der Waals surface area contributed by atoms with E-state index in [9.17, 15) is 13.6 Å². The maximum Gasteiger partial charge on any atom is 0.264 e. The normalized spacial score (nSPS) is 11.1. The Balaban J connectivity index is 1.67. The standard InChI is InChI=1S/C29H32F2N6O2/c1-17-19(8-7-9-23(17)27(30)31)15-32-28-24-14-21(10-11-25(24)34-18(2)35-28)37(5)22-12-20(13-26(38)36(3)4)29(39-6)33-16-22/h7-12,14,16,27H,13,15H2,1-6H3,(H,32,34,35). The van der Waals surface area contributed by atoms with Gasteiger partial charge in [-0.3, -0.25) is 4.79 Å². The van der Waals surface area contributed by atoms with Gasteiger partial charge in [-0.25, -0.2) is 23.7 Å². The minimum Gasteiger partial charge on any atom is -0.481 e. The summed E-state index contributed by atoms with van der Waals surface area (Å²) < 4.78 is 32.1. The van der Waals surface area contributed by atoms with Crippen molar-refractivity contribution >= 4 is 34.0 Å². The lowest BCUT2D eigenvalue weighted by molar-refractivity contribution is -0.128. The van der Waals surface area contributed by atoms with Crippen LogP contribution in [0.2, 0.25) is 0 Å². The summed E-state index contributed by atoms with van der Waals surface area (Å²) in [6, 6.07) is 12.6. The second-order valence-electron chi connectivity index (χ2n) is 9.49. The van der Waals surface area contributed by atoms with Gasteiger partial charge in [0.05, 0.1) is 30.9 Å². The highest BCUT2D eigenvalue weighted by Gasteiger charge is 2.17. The van der Waals surface area contributed by atoms with Crippen molar-refractivity contribution < 1.29 is 18.3 Å². The number of carbonyl (C=O) groups excluding carboxylic acids is 1. The molecule has 0 unspecified atom stereocenters. The molecule has 2 aromatic heterocycles. The molecule has 0 aliphatic heterocycles. The lowest BCUT2D eigenvalue weighted by atomic mass is 10.0. The number of aromatic nitrogens is 3. The van der Waals surface area contributed by atoms with E-state index in [-0.39, 0.29) is 17.9 Å². The van der Waals surface area contributed by atoms with Crippen LogP contribution in [0, 0.1) is 13.8 Å². The summed E-state index contributed by atoms with van der Waals surface area (Å²) in [4.78, 5) is 29.4. The van der Waals surface area contributed by atoms with Crippen molar-refractivity contribution in [3.05, 3.63) is 76.7 Å². The number of hydrogen-bond acceptors (Lipinski definition) is 7.